The molecule has 0 amide bonds. The van der Waals surface area contributed by atoms with Gasteiger partial charge in [-0.2, -0.15) is 9.97 Å². The lowest BCUT2D eigenvalue weighted by Gasteiger charge is -2.38. The molecule has 2 saturated heterocycles. The number of nitrogen functional groups attached to an aromatic ring is 1. The number of nitrogens with zero attached hydrogens (tertiary/aromatic N) is 5. The van der Waals surface area contributed by atoms with Gasteiger partial charge in [-0.1, -0.05) is 18.2 Å². The molecule has 4 N–H and O–H groups in total. The summed E-state index contributed by atoms with van der Waals surface area (Å²) >= 11 is 0. The van der Waals surface area contributed by atoms with Crippen molar-refractivity contribution in [3.8, 4) is 11.6 Å². The average molecular weight is 563 g/mol. The lowest BCUT2D eigenvalue weighted by atomic mass is 10.1. The van der Waals surface area contributed by atoms with Crippen molar-refractivity contribution < 1.29 is 13.9 Å². The molecule has 11 nitrogen and oxygen atoms in total. The Morgan fingerprint density at radius 3 is 2.44 bits per heavy atom. The number of ether oxygens (including phenoxy) is 2. The first kappa shape index (κ1) is 28.2. The van der Waals surface area contributed by atoms with E-state index in [0.717, 1.165) is 50.8 Å². The summed E-state index contributed by atoms with van der Waals surface area (Å²) < 4.78 is 24.3. The maximum atomic E-state index is 13.3. The van der Waals surface area contributed by atoms with Gasteiger partial charge in [-0.25, -0.2) is 9.37 Å². The van der Waals surface area contributed by atoms with Gasteiger partial charge in [0.15, 0.2) is 11.6 Å². The molecule has 216 valence electrons. The number of benzene rings is 2. The molecule has 2 aliphatic rings. The number of piperazine rings is 1. The Labute approximate surface area is 237 Å². The number of H-pyrrole nitrogens is 1. The lowest BCUT2D eigenvalue weighted by molar-refractivity contribution is 0.198. The highest BCUT2D eigenvalue weighted by molar-refractivity contribution is 5.82. The topological polar surface area (TPSA) is 135 Å². The number of hydrogen-bond acceptors (Lipinski definition) is 10. The molecule has 0 saturated carbocycles. The highest BCUT2D eigenvalue weighted by Crippen LogP contribution is 2.30. The van der Waals surface area contributed by atoms with E-state index in [1.165, 1.54) is 25.0 Å². The van der Waals surface area contributed by atoms with Crippen LogP contribution >= 0.6 is 0 Å². The zero-order valence-electron chi connectivity index (χ0n) is 23.3. The molecular weight excluding hydrogens is 527 g/mol. The number of para-hydroxylation sites is 1. The van der Waals surface area contributed by atoms with Gasteiger partial charge in [0.2, 0.25) is 11.8 Å². The lowest BCUT2D eigenvalue weighted by Crippen LogP contribution is -2.47. The van der Waals surface area contributed by atoms with Crippen LogP contribution in [-0.4, -0.2) is 71.3 Å². The molecule has 2 fully saturated rings. The van der Waals surface area contributed by atoms with Gasteiger partial charge >= 0.3 is 0 Å². The second-order valence-corrected chi connectivity index (χ2v) is 9.91. The predicted octanol–water partition coefficient (Wildman–Crippen LogP) is 3.95. The van der Waals surface area contributed by atoms with Crippen LogP contribution < -0.4 is 26.2 Å². The van der Waals surface area contributed by atoms with Crippen molar-refractivity contribution >= 4 is 28.6 Å². The minimum absolute atomic E-state index is 0.134. The first-order valence-electron chi connectivity index (χ1n) is 13.8. The van der Waals surface area contributed by atoms with E-state index >= 15 is 0 Å². The summed E-state index contributed by atoms with van der Waals surface area (Å²) in [6.45, 7) is 7.31. The van der Waals surface area contributed by atoms with Crippen molar-refractivity contribution in [1.82, 2.24) is 24.8 Å². The van der Waals surface area contributed by atoms with E-state index in [9.17, 15) is 9.18 Å². The predicted molar refractivity (Wildman–Crippen MR) is 157 cm³/mol. The number of nitrogens with one attached hydrogen (secondary N) is 2. The molecule has 2 aliphatic heterocycles. The quantitative estimate of drug-likeness (QED) is 0.317. The van der Waals surface area contributed by atoms with E-state index in [4.69, 9.17) is 15.2 Å². The average Bonchev–Trinajstić information content (AvgIpc) is 3.59. The monoisotopic (exact) mass is 562 g/mol. The highest BCUT2D eigenvalue weighted by atomic mass is 19.1. The van der Waals surface area contributed by atoms with E-state index in [1.807, 2.05) is 12.1 Å². The second kappa shape index (κ2) is 12.9. The van der Waals surface area contributed by atoms with Gasteiger partial charge < -0.3 is 30.4 Å². The number of rotatable bonds is 6. The molecule has 41 heavy (non-hydrogen) atoms. The van der Waals surface area contributed by atoms with Gasteiger partial charge in [-0.3, -0.25) is 9.69 Å². The molecule has 2 aromatic heterocycles. The first-order chi connectivity index (χ1) is 19.9. The van der Waals surface area contributed by atoms with Crippen molar-refractivity contribution in [2.75, 3.05) is 62.4 Å². The summed E-state index contributed by atoms with van der Waals surface area (Å²) in [7, 11) is 1.75. The summed E-state index contributed by atoms with van der Waals surface area (Å²) in [6, 6.07) is 13.9. The van der Waals surface area contributed by atoms with Crippen LogP contribution in [0.1, 0.15) is 31.4 Å². The number of halogens is 1. The zero-order valence-corrected chi connectivity index (χ0v) is 23.3. The minimum Gasteiger partial charge on any atom is -0.436 e. The van der Waals surface area contributed by atoms with Crippen LogP contribution in [0.15, 0.2) is 53.3 Å². The van der Waals surface area contributed by atoms with Gasteiger partial charge in [-0.15, -0.1) is 0 Å². The van der Waals surface area contributed by atoms with Crippen LogP contribution in [0.25, 0.3) is 11.0 Å². The molecule has 0 radical (unpaired) electrons. The first-order valence-corrected chi connectivity index (χ1v) is 13.8. The molecule has 0 bridgehead atoms. The van der Waals surface area contributed by atoms with Crippen LogP contribution in [0.2, 0.25) is 0 Å². The van der Waals surface area contributed by atoms with Crippen LogP contribution in [0, 0.1) is 5.82 Å². The maximum Gasteiger partial charge on any atom is 0.290 e. The van der Waals surface area contributed by atoms with Gasteiger partial charge in [-0.05, 0) is 49.6 Å². The van der Waals surface area contributed by atoms with Crippen molar-refractivity contribution in [1.29, 1.82) is 0 Å². The summed E-state index contributed by atoms with van der Waals surface area (Å²) in [5, 5.41) is 2.99. The molecule has 6 rings (SSSR count). The van der Waals surface area contributed by atoms with Gasteiger partial charge in [0, 0.05) is 58.5 Å². The SMILES string of the molecule is C1CCOC1.CNc1nc(Oc2cccc3[nH]c(=O)c(N)nc23)cc(N2CCN(C(C)c3ccc(F)cc3)CC2)n1. The Kier molecular flexibility index (Phi) is 8.90. The second-order valence-electron chi connectivity index (χ2n) is 9.91. The largest absolute Gasteiger partial charge is 0.436 e. The van der Waals surface area contributed by atoms with E-state index in [-0.39, 0.29) is 17.7 Å². The number of anilines is 3. The number of fused-ring (bicyclic) bond motifs is 1. The number of hydrogen-bond donors (Lipinski definition) is 3. The maximum absolute atomic E-state index is 13.3. The molecule has 4 heterocycles. The third-order valence-corrected chi connectivity index (χ3v) is 7.21. The third kappa shape index (κ3) is 6.90. The smallest absolute Gasteiger partial charge is 0.290 e. The van der Waals surface area contributed by atoms with Gasteiger partial charge in [0.1, 0.15) is 17.2 Å². The zero-order chi connectivity index (χ0) is 28.8. The van der Waals surface area contributed by atoms with E-state index in [0.29, 0.717) is 28.6 Å². The summed E-state index contributed by atoms with van der Waals surface area (Å²) in [5.41, 5.74) is 7.31. The number of aromatic nitrogens is 4. The van der Waals surface area contributed by atoms with E-state index < -0.39 is 5.56 Å². The Morgan fingerprint density at radius 1 is 1.05 bits per heavy atom. The fraction of sp³-hybridized carbons (Fsp3) is 0.379. The highest BCUT2D eigenvalue weighted by Gasteiger charge is 2.24. The minimum atomic E-state index is -0.450. The summed E-state index contributed by atoms with van der Waals surface area (Å²) in [5.74, 6) is 1.55. The molecule has 2 aromatic carbocycles. The summed E-state index contributed by atoms with van der Waals surface area (Å²) in [6.07, 6.45) is 2.56. The molecule has 1 atom stereocenters. The van der Waals surface area contributed by atoms with Crippen LogP contribution in [0.4, 0.5) is 22.0 Å². The molecule has 0 aliphatic carbocycles. The van der Waals surface area contributed by atoms with Crippen LogP contribution in [0.3, 0.4) is 0 Å². The van der Waals surface area contributed by atoms with Crippen LogP contribution in [-0.2, 0) is 4.74 Å². The third-order valence-electron chi connectivity index (χ3n) is 7.21. The molecule has 4 aromatic rings. The Bertz CT molecular complexity index is 1510. The van der Waals surface area contributed by atoms with Crippen molar-refractivity contribution in [3.05, 3.63) is 70.3 Å². The Morgan fingerprint density at radius 2 is 1.78 bits per heavy atom. The molecule has 0 spiro atoms. The van der Waals surface area contributed by atoms with Crippen LogP contribution in [0.5, 0.6) is 11.6 Å². The van der Waals surface area contributed by atoms with Gasteiger partial charge in [0.25, 0.3) is 5.56 Å². The standard InChI is InChI=1S/C25H27FN8O2.C4H8O/c1-15(16-6-8-17(26)9-7-16)33-10-12-34(13-11-33)20-14-21(31-25(28-2)30-20)36-19-5-3-4-18-22(19)32-23(27)24(35)29-18;1-2-4-5-3-1/h3-9,14-15H,10-13H2,1-2H3,(H2,27,32)(H,29,35)(H,28,30,31);1-4H2. The normalized spacial score (nSPS) is 16.2. The van der Waals surface area contributed by atoms with Crippen molar-refractivity contribution in [2.45, 2.75) is 25.8 Å². The molecule has 1 unspecified atom stereocenters. The molecular formula is C29H35FN8O3. The van der Waals surface area contributed by atoms with Crippen molar-refractivity contribution in [3.63, 3.8) is 0 Å². The fourth-order valence-electron chi connectivity index (χ4n) is 4.83. The van der Waals surface area contributed by atoms with Gasteiger partial charge in [0.05, 0.1) is 5.52 Å². The molecule has 12 heteroatoms. The Hall–Kier alpha value is -4.29. The fourth-order valence-corrected chi connectivity index (χ4v) is 4.83. The number of nitrogens with two attached hydrogens (primary N) is 1. The van der Waals surface area contributed by atoms with Crippen molar-refractivity contribution in [2.24, 2.45) is 0 Å². The Balaban J connectivity index is 0.000000610. The summed E-state index contributed by atoms with van der Waals surface area (Å²) in [4.78, 5) is 32.3. The van der Waals surface area contributed by atoms with E-state index in [1.54, 1.807) is 31.3 Å². The number of aromatic amines is 1. The van der Waals surface area contributed by atoms with E-state index in [2.05, 4.69) is 42.0 Å².